The molecule has 9 heteroatoms. The number of nitro benzene ring substituents is 1. The number of non-ortho nitro benzene ring substituents is 1. The smallest absolute Gasteiger partial charge is 0.342 e. The first-order chi connectivity index (χ1) is 15.9. The summed E-state index contributed by atoms with van der Waals surface area (Å²) in [7, 11) is 0. The summed E-state index contributed by atoms with van der Waals surface area (Å²) in [5, 5.41) is 11.5. The van der Waals surface area contributed by atoms with E-state index in [9.17, 15) is 14.9 Å². The van der Waals surface area contributed by atoms with E-state index in [0.29, 0.717) is 27.6 Å². The van der Waals surface area contributed by atoms with Crippen LogP contribution in [0.3, 0.4) is 0 Å². The zero-order chi connectivity index (χ0) is 23.6. The molecule has 0 amide bonds. The number of aliphatic imine (C=N–C) groups is 1. The highest BCUT2D eigenvalue weighted by Gasteiger charge is 2.57. The second kappa shape index (κ2) is 9.27. The Morgan fingerprint density at radius 1 is 1.12 bits per heavy atom. The fourth-order valence-electron chi connectivity index (χ4n) is 4.18. The summed E-state index contributed by atoms with van der Waals surface area (Å²) in [4.78, 5) is 32.9. The van der Waals surface area contributed by atoms with Crippen LogP contribution in [0.2, 0.25) is 0 Å². The van der Waals surface area contributed by atoms with E-state index in [1.807, 2.05) is 6.07 Å². The van der Waals surface area contributed by atoms with Crippen LogP contribution in [0, 0.1) is 10.1 Å². The number of carbonyl (C=O) groups is 1. The Kier molecular flexibility index (Phi) is 6.42. The Balaban J connectivity index is 1.88. The van der Waals surface area contributed by atoms with Gasteiger partial charge in [-0.15, -0.1) is 0 Å². The van der Waals surface area contributed by atoms with Gasteiger partial charge in [0.25, 0.3) is 5.69 Å². The molecule has 0 aliphatic carbocycles. The molecule has 8 nitrogen and oxygen atoms in total. The standard InChI is InChI=1S/C24H26N4O4S/c1-3-5-14-26(15-6-4-2)21-22(33)27(17-10-9-11-18(16-17)28(30)31)24(25-21)20-13-8-7-12-19(20)23(29)32-24/h7-13,16H,3-6,14-15H2,1-2H3. The van der Waals surface area contributed by atoms with Crippen molar-refractivity contribution in [2.24, 2.45) is 4.99 Å². The molecular weight excluding hydrogens is 440 g/mol. The summed E-state index contributed by atoms with van der Waals surface area (Å²) in [5.41, 5.74) is 1.35. The lowest BCUT2D eigenvalue weighted by molar-refractivity contribution is -0.384. The molecule has 2 aliphatic heterocycles. The Morgan fingerprint density at radius 3 is 2.48 bits per heavy atom. The molecule has 2 heterocycles. The first-order valence-electron chi connectivity index (χ1n) is 11.2. The van der Waals surface area contributed by atoms with Crippen LogP contribution < -0.4 is 4.90 Å². The molecule has 0 saturated carbocycles. The SMILES string of the molecule is CCCCN(CCCC)C1=NC2(OC(=O)c3ccccc32)N(c2cccc([N+](=O)[O-])c2)C1=S. The van der Waals surface area contributed by atoms with Crippen molar-refractivity contribution in [3.05, 3.63) is 69.8 Å². The van der Waals surface area contributed by atoms with Gasteiger partial charge in [0.15, 0.2) is 10.8 Å². The fourth-order valence-corrected chi connectivity index (χ4v) is 4.58. The van der Waals surface area contributed by atoms with Crippen LogP contribution in [-0.4, -0.2) is 39.7 Å². The van der Waals surface area contributed by atoms with Gasteiger partial charge in [0.1, 0.15) is 0 Å². The van der Waals surface area contributed by atoms with Crippen molar-refractivity contribution >= 4 is 40.4 Å². The summed E-state index contributed by atoms with van der Waals surface area (Å²) in [5.74, 6) is -1.45. The van der Waals surface area contributed by atoms with Crippen molar-refractivity contribution in [2.45, 2.75) is 45.4 Å². The second-order valence-corrected chi connectivity index (χ2v) is 8.48. The molecule has 2 aromatic rings. The van der Waals surface area contributed by atoms with Gasteiger partial charge in [0.2, 0.25) is 0 Å². The van der Waals surface area contributed by atoms with Crippen LogP contribution in [0.25, 0.3) is 0 Å². The summed E-state index contributed by atoms with van der Waals surface area (Å²) in [6.07, 6.45) is 3.96. The highest BCUT2D eigenvalue weighted by molar-refractivity contribution is 7.82. The molecule has 2 aliphatic rings. The summed E-state index contributed by atoms with van der Waals surface area (Å²) >= 11 is 5.90. The van der Waals surface area contributed by atoms with Gasteiger partial charge in [0.05, 0.1) is 21.7 Å². The predicted octanol–water partition coefficient (Wildman–Crippen LogP) is 5.02. The van der Waals surface area contributed by atoms with Crippen LogP contribution in [0.4, 0.5) is 11.4 Å². The molecule has 0 saturated heterocycles. The first-order valence-corrected chi connectivity index (χ1v) is 11.6. The van der Waals surface area contributed by atoms with Gasteiger partial charge in [-0.25, -0.2) is 4.79 Å². The van der Waals surface area contributed by atoms with E-state index in [0.717, 1.165) is 38.8 Å². The maximum atomic E-state index is 12.8. The van der Waals surface area contributed by atoms with Gasteiger partial charge in [-0.2, -0.15) is 4.99 Å². The summed E-state index contributed by atoms with van der Waals surface area (Å²) in [6, 6.07) is 13.2. The van der Waals surface area contributed by atoms with E-state index in [1.54, 1.807) is 35.2 Å². The second-order valence-electron chi connectivity index (χ2n) is 8.09. The zero-order valence-electron chi connectivity index (χ0n) is 18.7. The number of fused-ring (bicyclic) bond motifs is 2. The van der Waals surface area contributed by atoms with Crippen molar-refractivity contribution < 1.29 is 14.5 Å². The van der Waals surface area contributed by atoms with Gasteiger partial charge in [-0.3, -0.25) is 15.0 Å². The topological polar surface area (TPSA) is 88.3 Å². The third kappa shape index (κ3) is 3.97. The lowest BCUT2D eigenvalue weighted by atomic mass is 10.0. The number of amidine groups is 1. The van der Waals surface area contributed by atoms with Gasteiger partial charge >= 0.3 is 11.8 Å². The number of nitro groups is 1. The minimum absolute atomic E-state index is 0.0784. The minimum Gasteiger partial charge on any atom is -0.409 e. The van der Waals surface area contributed by atoms with Crippen molar-refractivity contribution in [1.82, 2.24) is 4.90 Å². The maximum absolute atomic E-state index is 12.8. The number of hydrogen-bond acceptors (Lipinski definition) is 7. The van der Waals surface area contributed by atoms with Crippen LogP contribution in [0.15, 0.2) is 53.5 Å². The molecule has 0 bridgehead atoms. The molecule has 4 rings (SSSR count). The van der Waals surface area contributed by atoms with Crippen molar-refractivity contribution in [3.63, 3.8) is 0 Å². The number of anilines is 1. The number of esters is 1. The van der Waals surface area contributed by atoms with Crippen LogP contribution in [-0.2, 0) is 10.6 Å². The minimum atomic E-state index is -1.52. The maximum Gasteiger partial charge on any atom is 0.342 e. The van der Waals surface area contributed by atoms with Gasteiger partial charge in [0, 0.05) is 25.2 Å². The first kappa shape index (κ1) is 22.8. The van der Waals surface area contributed by atoms with Gasteiger partial charge in [-0.1, -0.05) is 57.1 Å². The normalized spacial score (nSPS) is 19.0. The van der Waals surface area contributed by atoms with Crippen molar-refractivity contribution in [2.75, 3.05) is 18.0 Å². The quantitative estimate of drug-likeness (QED) is 0.233. The summed E-state index contributed by atoms with van der Waals surface area (Å²) in [6.45, 7) is 5.78. The fraction of sp³-hybridized carbons (Fsp3) is 0.375. The Hall–Kier alpha value is -3.33. The van der Waals surface area contributed by atoms with Gasteiger partial charge in [-0.05, 0) is 31.0 Å². The van der Waals surface area contributed by atoms with E-state index in [1.165, 1.54) is 12.1 Å². The van der Waals surface area contributed by atoms with Crippen molar-refractivity contribution in [1.29, 1.82) is 0 Å². The van der Waals surface area contributed by atoms with E-state index in [4.69, 9.17) is 21.9 Å². The molecule has 1 unspecified atom stereocenters. The average molecular weight is 467 g/mol. The number of ether oxygens (including phenoxy) is 1. The Morgan fingerprint density at radius 2 is 1.82 bits per heavy atom. The molecule has 172 valence electrons. The van der Waals surface area contributed by atoms with Crippen LogP contribution in [0.5, 0.6) is 0 Å². The van der Waals surface area contributed by atoms with Crippen molar-refractivity contribution in [3.8, 4) is 0 Å². The number of hydrogen-bond donors (Lipinski definition) is 0. The van der Waals surface area contributed by atoms with Gasteiger partial charge < -0.3 is 9.64 Å². The highest BCUT2D eigenvalue weighted by Crippen LogP contribution is 2.47. The monoisotopic (exact) mass is 466 g/mol. The average Bonchev–Trinajstić information content (AvgIpc) is 3.27. The van der Waals surface area contributed by atoms with Crippen LogP contribution in [0.1, 0.15) is 55.5 Å². The third-order valence-corrected chi connectivity index (χ3v) is 6.21. The number of carbonyl (C=O) groups excluding carboxylic acids is 1. The largest absolute Gasteiger partial charge is 0.409 e. The number of thiocarbonyl (C=S) groups is 1. The number of nitrogens with zero attached hydrogens (tertiary/aromatic N) is 4. The van der Waals surface area contributed by atoms with E-state index in [-0.39, 0.29) is 5.69 Å². The Labute approximate surface area is 198 Å². The summed E-state index contributed by atoms with van der Waals surface area (Å²) < 4.78 is 5.92. The molecule has 1 spiro atoms. The predicted molar refractivity (Wildman–Crippen MR) is 131 cm³/mol. The van der Waals surface area contributed by atoms with E-state index >= 15 is 0 Å². The highest BCUT2D eigenvalue weighted by atomic mass is 32.1. The number of benzene rings is 2. The van der Waals surface area contributed by atoms with Crippen LogP contribution >= 0.6 is 12.2 Å². The lowest BCUT2D eigenvalue weighted by Crippen LogP contribution is -2.46. The number of unbranched alkanes of at least 4 members (excludes halogenated alkanes) is 2. The lowest BCUT2D eigenvalue weighted by Gasteiger charge is -2.32. The molecule has 1 atom stereocenters. The molecule has 0 fully saturated rings. The molecule has 2 aromatic carbocycles. The molecule has 0 radical (unpaired) electrons. The molecule has 0 aromatic heterocycles. The number of rotatable bonds is 8. The zero-order valence-corrected chi connectivity index (χ0v) is 19.5. The molecule has 33 heavy (non-hydrogen) atoms. The van der Waals surface area contributed by atoms with E-state index < -0.39 is 16.7 Å². The molecule has 0 N–H and O–H groups in total. The molecular formula is C24H26N4O4S. The third-order valence-electron chi connectivity index (χ3n) is 5.85. The van der Waals surface area contributed by atoms with E-state index in [2.05, 4.69) is 18.7 Å². The Bertz CT molecular complexity index is 1130.